The van der Waals surface area contributed by atoms with Crippen molar-refractivity contribution in [3.8, 4) is 11.6 Å². The zero-order valence-corrected chi connectivity index (χ0v) is 18.2. The van der Waals surface area contributed by atoms with Crippen molar-refractivity contribution >= 4 is 11.7 Å². The van der Waals surface area contributed by atoms with Crippen molar-refractivity contribution in [3.63, 3.8) is 0 Å². The number of hydrogen-bond donors (Lipinski definition) is 2. The zero-order valence-electron chi connectivity index (χ0n) is 18.2. The van der Waals surface area contributed by atoms with Gasteiger partial charge in [0.05, 0.1) is 24.4 Å². The molecule has 4 rings (SSSR count). The average Bonchev–Trinajstić information content (AvgIpc) is 2.82. The van der Waals surface area contributed by atoms with Gasteiger partial charge in [-0.1, -0.05) is 6.07 Å². The van der Waals surface area contributed by atoms with E-state index < -0.39 is 36.0 Å². The Morgan fingerprint density at radius 1 is 1.21 bits per heavy atom. The van der Waals surface area contributed by atoms with E-state index >= 15 is 0 Å². The Bertz CT molecular complexity index is 1180. The molecule has 2 aromatic heterocycles. The number of hydrogen-bond acceptors (Lipinski definition) is 6. The summed E-state index contributed by atoms with van der Waals surface area (Å²) in [6, 6.07) is 7.26. The summed E-state index contributed by atoms with van der Waals surface area (Å²) in [7, 11) is 0. The number of carbonyl (C=O) groups excluding carboxylic acids is 1. The molecule has 178 valence electrons. The standard InChI is InChI=1S/C23H22F3N5O3/c1-14(31-9-8-23(25,26)18(13-31)15-2-7-20(32)28-10-15)22(33)30-19-11-29-21(12-27-19)34-17-5-3-16(24)4-6-17/h2-7,10-12,14,18H,8-9,13H2,1H3,(H,28,32)(H,27,30,33)/t14-,18+/m0/s1. The molecule has 3 heterocycles. The molecular formula is C23H22F3N5O3. The molecule has 0 unspecified atom stereocenters. The van der Waals surface area contributed by atoms with Crippen LogP contribution >= 0.6 is 0 Å². The van der Waals surface area contributed by atoms with E-state index in [1.165, 1.54) is 55.0 Å². The topological polar surface area (TPSA) is 100 Å². The van der Waals surface area contributed by atoms with Gasteiger partial charge >= 0.3 is 0 Å². The van der Waals surface area contributed by atoms with Crippen LogP contribution in [0.1, 0.15) is 24.8 Å². The average molecular weight is 473 g/mol. The predicted molar refractivity (Wildman–Crippen MR) is 118 cm³/mol. The lowest BCUT2D eigenvalue weighted by Crippen LogP contribution is -2.52. The van der Waals surface area contributed by atoms with Crippen LogP contribution in [-0.2, 0) is 4.79 Å². The minimum Gasteiger partial charge on any atom is -0.438 e. The lowest BCUT2D eigenvalue weighted by molar-refractivity contribution is -0.125. The van der Waals surface area contributed by atoms with Gasteiger partial charge in [0.15, 0.2) is 5.82 Å². The monoisotopic (exact) mass is 473 g/mol. The van der Waals surface area contributed by atoms with Crippen molar-refractivity contribution in [2.75, 3.05) is 18.4 Å². The van der Waals surface area contributed by atoms with E-state index in [1.54, 1.807) is 11.8 Å². The summed E-state index contributed by atoms with van der Waals surface area (Å²) in [6.07, 6.45) is 3.48. The molecule has 34 heavy (non-hydrogen) atoms. The number of alkyl halides is 2. The molecule has 1 aliphatic heterocycles. The fraction of sp³-hybridized carbons (Fsp3) is 0.304. The number of aromatic nitrogens is 3. The maximum absolute atomic E-state index is 14.6. The Morgan fingerprint density at radius 2 is 1.97 bits per heavy atom. The van der Waals surface area contributed by atoms with Gasteiger partial charge in [-0.05, 0) is 36.8 Å². The molecule has 1 aromatic carbocycles. The number of H-pyrrole nitrogens is 1. The van der Waals surface area contributed by atoms with Gasteiger partial charge in [0.1, 0.15) is 11.6 Å². The maximum Gasteiger partial charge on any atom is 0.257 e. The first kappa shape index (κ1) is 23.4. The molecule has 2 N–H and O–H groups in total. The Morgan fingerprint density at radius 3 is 2.62 bits per heavy atom. The van der Waals surface area contributed by atoms with Crippen molar-refractivity contribution < 1.29 is 22.7 Å². The number of ether oxygens (including phenoxy) is 1. The molecule has 3 aromatic rings. The summed E-state index contributed by atoms with van der Waals surface area (Å²) in [6.45, 7) is 1.61. The molecule has 1 amide bonds. The Labute approximate surface area is 192 Å². The highest BCUT2D eigenvalue weighted by Gasteiger charge is 2.46. The number of piperidine rings is 1. The number of pyridine rings is 1. The van der Waals surface area contributed by atoms with Crippen molar-refractivity contribution in [3.05, 3.63) is 76.7 Å². The Kier molecular flexibility index (Phi) is 6.64. The van der Waals surface area contributed by atoms with Crippen LogP contribution in [0.3, 0.4) is 0 Å². The molecule has 8 nitrogen and oxygen atoms in total. The zero-order chi connectivity index (χ0) is 24.3. The van der Waals surface area contributed by atoms with Crippen LogP contribution in [0.4, 0.5) is 19.0 Å². The van der Waals surface area contributed by atoms with Crippen LogP contribution in [0.25, 0.3) is 0 Å². The normalized spacial score (nSPS) is 18.8. The number of nitrogens with zero attached hydrogens (tertiary/aromatic N) is 3. The third kappa shape index (κ3) is 5.42. The van der Waals surface area contributed by atoms with Crippen LogP contribution in [0.15, 0.2) is 59.8 Å². The molecule has 1 saturated heterocycles. The number of rotatable bonds is 6. The van der Waals surface area contributed by atoms with Gasteiger partial charge in [0, 0.05) is 31.8 Å². The van der Waals surface area contributed by atoms with Gasteiger partial charge in [-0.3, -0.25) is 14.5 Å². The lowest BCUT2D eigenvalue weighted by Gasteiger charge is -2.40. The first-order valence-corrected chi connectivity index (χ1v) is 10.6. The smallest absolute Gasteiger partial charge is 0.257 e. The number of benzene rings is 1. The van der Waals surface area contributed by atoms with Crippen molar-refractivity contribution in [2.24, 2.45) is 0 Å². The van der Waals surface area contributed by atoms with Gasteiger partial charge in [0.2, 0.25) is 17.3 Å². The molecule has 11 heteroatoms. The van der Waals surface area contributed by atoms with E-state index in [-0.39, 0.29) is 30.3 Å². The number of likely N-dealkylation sites (tertiary alicyclic amines) is 1. The van der Waals surface area contributed by atoms with E-state index in [0.717, 1.165) is 0 Å². The minimum atomic E-state index is -2.96. The van der Waals surface area contributed by atoms with E-state index in [0.29, 0.717) is 11.3 Å². The maximum atomic E-state index is 14.6. The largest absolute Gasteiger partial charge is 0.438 e. The van der Waals surface area contributed by atoms with Crippen molar-refractivity contribution in [2.45, 2.75) is 31.2 Å². The molecular weight excluding hydrogens is 451 g/mol. The molecule has 0 spiro atoms. The van der Waals surface area contributed by atoms with Crippen LogP contribution < -0.4 is 15.6 Å². The summed E-state index contributed by atoms with van der Waals surface area (Å²) in [5.74, 6) is -4.24. The lowest BCUT2D eigenvalue weighted by atomic mass is 9.87. The van der Waals surface area contributed by atoms with Crippen molar-refractivity contribution in [1.82, 2.24) is 19.9 Å². The number of aromatic amines is 1. The first-order chi connectivity index (χ1) is 16.2. The summed E-state index contributed by atoms with van der Waals surface area (Å²) in [5.41, 5.74) is -0.0628. The Balaban J connectivity index is 1.38. The van der Waals surface area contributed by atoms with Crippen LogP contribution in [-0.4, -0.2) is 50.8 Å². The SMILES string of the molecule is C[C@@H](C(=O)Nc1cnc(Oc2ccc(F)cc2)cn1)N1CCC(F)(F)[C@@H](c2ccc(=O)[nH]c2)C1. The highest BCUT2D eigenvalue weighted by atomic mass is 19.3. The minimum absolute atomic E-state index is 0.0393. The Hall–Kier alpha value is -3.73. The van der Waals surface area contributed by atoms with Crippen molar-refractivity contribution in [1.29, 1.82) is 0 Å². The molecule has 2 atom stereocenters. The third-order valence-corrected chi connectivity index (χ3v) is 5.71. The summed E-state index contributed by atoms with van der Waals surface area (Å²) < 4.78 is 47.6. The molecule has 0 saturated carbocycles. The van der Waals surface area contributed by atoms with Crippen LogP contribution in [0.5, 0.6) is 11.6 Å². The summed E-state index contributed by atoms with van der Waals surface area (Å²) in [4.78, 5) is 36.3. The van der Waals surface area contributed by atoms with Gasteiger partial charge in [-0.15, -0.1) is 0 Å². The number of carbonyl (C=O) groups is 1. The third-order valence-electron chi connectivity index (χ3n) is 5.71. The highest BCUT2D eigenvalue weighted by Crippen LogP contribution is 2.40. The van der Waals surface area contributed by atoms with E-state index in [9.17, 15) is 22.8 Å². The molecule has 0 aliphatic carbocycles. The molecule has 0 bridgehead atoms. The van der Waals surface area contributed by atoms with Gasteiger partial charge in [-0.2, -0.15) is 0 Å². The first-order valence-electron chi connectivity index (χ1n) is 10.6. The second-order valence-electron chi connectivity index (χ2n) is 8.01. The van der Waals surface area contributed by atoms with E-state index in [2.05, 4.69) is 20.3 Å². The molecule has 1 fully saturated rings. The summed E-state index contributed by atoms with van der Waals surface area (Å²) in [5, 5.41) is 2.63. The second kappa shape index (κ2) is 9.64. The van der Waals surface area contributed by atoms with Crippen LogP contribution in [0, 0.1) is 5.82 Å². The van der Waals surface area contributed by atoms with Gasteiger partial charge in [-0.25, -0.2) is 23.1 Å². The second-order valence-corrected chi connectivity index (χ2v) is 8.01. The highest BCUT2D eigenvalue weighted by molar-refractivity contribution is 5.93. The van der Waals surface area contributed by atoms with E-state index in [1.807, 2.05) is 0 Å². The molecule has 0 radical (unpaired) electrons. The number of nitrogens with one attached hydrogen (secondary N) is 2. The quantitative estimate of drug-likeness (QED) is 0.568. The van der Waals surface area contributed by atoms with Gasteiger partial charge in [0.25, 0.3) is 5.92 Å². The fourth-order valence-electron chi connectivity index (χ4n) is 3.72. The number of anilines is 1. The number of amides is 1. The number of halogens is 3. The van der Waals surface area contributed by atoms with Gasteiger partial charge < -0.3 is 15.0 Å². The fourth-order valence-corrected chi connectivity index (χ4v) is 3.72. The predicted octanol–water partition coefficient (Wildman–Crippen LogP) is 3.55. The van der Waals surface area contributed by atoms with E-state index in [4.69, 9.17) is 4.74 Å². The summed E-state index contributed by atoms with van der Waals surface area (Å²) >= 11 is 0. The van der Waals surface area contributed by atoms with Crippen LogP contribution in [0.2, 0.25) is 0 Å². The molecule has 1 aliphatic rings.